The lowest BCUT2D eigenvalue weighted by atomic mass is 10.1. The Kier molecular flexibility index (Phi) is 1.69. The molecule has 11 heavy (non-hydrogen) atoms. The molecular formula is C8H12N2S. The Balaban J connectivity index is 2.14. The molecule has 60 valence electrons. The van der Waals surface area contributed by atoms with Crippen molar-refractivity contribution < 1.29 is 0 Å². The molecule has 1 saturated carbocycles. The van der Waals surface area contributed by atoms with Crippen LogP contribution >= 0.6 is 11.3 Å². The summed E-state index contributed by atoms with van der Waals surface area (Å²) in [4.78, 5) is 4.37. The Morgan fingerprint density at radius 1 is 1.73 bits per heavy atom. The normalized spacial score (nSPS) is 20.2. The van der Waals surface area contributed by atoms with Crippen LogP contribution in [0.25, 0.3) is 0 Å². The Bertz CT molecular complexity index is 252. The van der Waals surface area contributed by atoms with Crippen molar-refractivity contribution in [1.29, 1.82) is 0 Å². The van der Waals surface area contributed by atoms with Crippen molar-refractivity contribution in [3.63, 3.8) is 0 Å². The Labute approximate surface area is 70.5 Å². The van der Waals surface area contributed by atoms with E-state index in [-0.39, 0.29) is 6.04 Å². The first-order valence-electron chi connectivity index (χ1n) is 3.95. The van der Waals surface area contributed by atoms with Crippen molar-refractivity contribution in [2.45, 2.75) is 25.8 Å². The van der Waals surface area contributed by atoms with Gasteiger partial charge in [0.1, 0.15) is 0 Å². The smallest absolute Gasteiger partial charge is 0.0898 e. The van der Waals surface area contributed by atoms with Crippen LogP contribution in [-0.4, -0.2) is 4.98 Å². The molecule has 1 aliphatic carbocycles. The zero-order valence-corrected chi connectivity index (χ0v) is 7.40. The minimum Gasteiger partial charge on any atom is -0.322 e. The lowest BCUT2D eigenvalue weighted by molar-refractivity contribution is 0.617. The summed E-state index contributed by atoms with van der Waals surface area (Å²) >= 11 is 1.69. The van der Waals surface area contributed by atoms with E-state index in [1.54, 1.807) is 11.3 Å². The van der Waals surface area contributed by atoms with Crippen LogP contribution in [-0.2, 0) is 0 Å². The summed E-state index contributed by atoms with van der Waals surface area (Å²) < 4.78 is 0. The second-order valence-electron chi connectivity index (χ2n) is 3.15. The maximum atomic E-state index is 5.96. The Morgan fingerprint density at radius 3 is 2.91 bits per heavy atom. The van der Waals surface area contributed by atoms with E-state index in [4.69, 9.17) is 5.73 Å². The average Bonchev–Trinajstić information content (AvgIpc) is 2.74. The van der Waals surface area contributed by atoms with Crippen LogP contribution in [0, 0.1) is 12.8 Å². The van der Waals surface area contributed by atoms with Gasteiger partial charge in [0, 0.05) is 5.38 Å². The number of hydrogen-bond acceptors (Lipinski definition) is 3. The molecule has 2 rings (SSSR count). The maximum absolute atomic E-state index is 5.96. The van der Waals surface area contributed by atoms with Crippen LogP contribution in [0.1, 0.15) is 29.6 Å². The first-order chi connectivity index (χ1) is 5.27. The quantitative estimate of drug-likeness (QED) is 0.732. The number of hydrogen-bond donors (Lipinski definition) is 1. The molecule has 0 radical (unpaired) electrons. The number of rotatable bonds is 2. The van der Waals surface area contributed by atoms with Gasteiger partial charge in [0.05, 0.1) is 16.7 Å². The van der Waals surface area contributed by atoms with Gasteiger partial charge in [0.15, 0.2) is 0 Å². The third kappa shape index (κ3) is 1.44. The lowest BCUT2D eigenvalue weighted by Crippen LogP contribution is -2.12. The maximum Gasteiger partial charge on any atom is 0.0898 e. The zero-order valence-electron chi connectivity index (χ0n) is 6.58. The van der Waals surface area contributed by atoms with Gasteiger partial charge in [-0.15, -0.1) is 11.3 Å². The largest absolute Gasteiger partial charge is 0.322 e. The zero-order chi connectivity index (χ0) is 7.84. The second-order valence-corrected chi connectivity index (χ2v) is 4.22. The van der Waals surface area contributed by atoms with Gasteiger partial charge in [-0.25, -0.2) is 4.98 Å². The average molecular weight is 168 g/mol. The van der Waals surface area contributed by atoms with Crippen molar-refractivity contribution in [2.24, 2.45) is 11.7 Å². The van der Waals surface area contributed by atoms with Gasteiger partial charge in [-0.2, -0.15) is 0 Å². The van der Waals surface area contributed by atoms with Gasteiger partial charge in [0.25, 0.3) is 0 Å². The highest BCUT2D eigenvalue weighted by Crippen LogP contribution is 2.39. The van der Waals surface area contributed by atoms with Crippen LogP contribution < -0.4 is 5.73 Å². The lowest BCUT2D eigenvalue weighted by Gasteiger charge is -2.04. The van der Waals surface area contributed by atoms with E-state index in [0.29, 0.717) is 0 Å². The molecule has 0 aliphatic heterocycles. The van der Waals surface area contributed by atoms with Crippen LogP contribution in [0.5, 0.6) is 0 Å². The third-order valence-corrected chi connectivity index (χ3v) is 2.90. The van der Waals surface area contributed by atoms with E-state index >= 15 is 0 Å². The van der Waals surface area contributed by atoms with Gasteiger partial charge in [0.2, 0.25) is 0 Å². The van der Waals surface area contributed by atoms with Gasteiger partial charge in [-0.3, -0.25) is 0 Å². The Hall–Kier alpha value is -0.410. The molecule has 0 aromatic carbocycles. The van der Waals surface area contributed by atoms with Crippen molar-refractivity contribution >= 4 is 11.3 Å². The summed E-state index contributed by atoms with van der Waals surface area (Å²) in [6, 6.07) is 0.208. The highest BCUT2D eigenvalue weighted by atomic mass is 32.1. The Morgan fingerprint density at radius 2 is 2.45 bits per heavy atom. The minimum atomic E-state index is 0.208. The van der Waals surface area contributed by atoms with Crippen LogP contribution in [0.2, 0.25) is 0 Å². The highest BCUT2D eigenvalue weighted by Gasteiger charge is 2.30. The first kappa shape index (κ1) is 7.25. The molecule has 0 saturated heterocycles. The van der Waals surface area contributed by atoms with Gasteiger partial charge < -0.3 is 5.73 Å². The van der Waals surface area contributed by atoms with Crippen LogP contribution in [0.4, 0.5) is 0 Å². The summed E-state index contributed by atoms with van der Waals surface area (Å²) in [5.41, 5.74) is 7.05. The van der Waals surface area contributed by atoms with E-state index in [1.165, 1.54) is 12.8 Å². The predicted molar refractivity (Wildman–Crippen MR) is 46.5 cm³/mol. The fourth-order valence-electron chi connectivity index (χ4n) is 1.23. The number of thiazole rings is 1. The molecule has 2 nitrogen and oxygen atoms in total. The molecule has 1 fully saturated rings. The second kappa shape index (κ2) is 2.57. The molecule has 3 heteroatoms. The standard InChI is InChI=1S/C8H12N2S/c1-5-10-7(4-11-5)8(9)6-2-3-6/h4,6,8H,2-3,9H2,1H3/t8-/m0/s1. The molecule has 1 aromatic heterocycles. The van der Waals surface area contributed by atoms with E-state index in [0.717, 1.165) is 16.6 Å². The topological polar surface area (TPSA) is 38.9 Å². The minimum absolute atomic E-state index is 0.208. The molecule has 0 spiro atoms. The van der Waals surface area contributed by atoms with E-state index < -0.39 is 0 Å². The SMILES string of the molecule is Cc1nc([C@@H](N)C2CC2)cs1. The summed E-state index contributed by atoms with van der Waals surface area (Å²) in [5, 5.41) is 3.20. The molecule has 1 atom stereocenters. The highest BCUT2D eigenvalue weighted by molar-refractivity contribution is 7.09. The van der Waals surface area contributed by atoms with Crippen molar-refractivity contribution in [3.8, 4) is 0 Å². The molecule has 1 heterocycles. The van der Waals surface area contributed by atoms with Crippen molar-refractivity contribution in [2.75, 3.05) is 0 Å². The molecule has 0 bridgehead atoms. The van der Waals surface area contributed by atoms with Crippen molar-refractivity contribution in [3.05, 3.63) is 16.1 Å². The number of aromatic nitrogens is 1. The first-order valence-corrected chi connectivity index (χ1v) is 4.83. The van der Waals surface area contributed by atoms with Gasteiger partial charge in [-0.1, -0.05) is 0 Å². The molecular weight excluding hydrogens is 156 g/mol. The molecule has 0 unspecified atom stereocenters. The number of aryl methyl sites for hydroxylation is 1. The van der Waals surface area contributed by atoms with E-state index in [9.17, 15) is 0 Å². The molecule has 1 aliphatic rings. The molecule has 0 amide bonds. The van der Waals surface area contributed by atoms with Gasteiger partial charge >= 0.3 is 0 Å². The van der Waals surface area contributed by atoms with Crippen LogP contribution in [0.15, 0.2) is 5.38 Å². The fourth-order valence-corrected chi connectivity index (χ4v) is 1.89. The summed E-state index contributed by atoms with van der Waals surface area (Å²) in [6.45, 7) is 2.02. The summed E-state index contributed by atoms with van der Waals surface area (Å²) in [6.07, 6.45) is 2.58. The van der Waals surface area contributed by atoms with Crippen LogP contribution in [0.3, 0.4) is 0 Å². The van der Waals surface area contributed by atoms with E-state index in [2.05, 4.69) is 10.4 Å². The monoisotopic (exact) mass is 168 g/mol. The number of nitrogens with two attached hydrogens (primary N) is 1. The van der Waals surface area contributed by atoms with Crippen molar-refractivity contribution in [1.82, 2.24) is 4.98 Å². The number of nitrogens with zero attached hydrogens (tertiary/aromatic N) is 1. The fraction of sp³-hybridized carbons (Fsp3) is 0.625. The molecule has 1 aromatic rings. The summed E-state index contributed by atoms with van der Waals surface area (Å²) in [5.74, 6) is 0.719. The molecule has 2 N–H and O–H groups in total. The van der Waals surface area contributed by atoms with E-state index in [1.807, 2.05) is 6.92 Å². The third-order valence-electron chi connectivity index (χ3n) is 2.11. The predicted octanol–water partition coefficient (Wildman–Crippen LogP) is 1.86. The summed E-state index contributed by atoms with van der Waals surface area (Å²) in [7, 11) is 0. The van der Waals surface area contributed by atoms with Gasteiger partial charge in [-0.05, 0) is 25.7 Å².